The quantitative estimate of drug-likeness (QED) is 0.797. The van der Waals surface area contributed by atoms with Crippen LogP contribution in [0.1, 0.15) is 5.56 Å². The van der Waals surface area contributed by atoms with Gasteiger partial charge in [0.1, 0.15) is 5.82 Å². The van der Waals surface area contributed by atoms with Crippen LogP contribution >= 0.6 is 11.8 Å². The Labute approximate surface area is 98.5 Å². The van der Waals surface area contributed by atoms with Gasteiger partial charge in [0.25, 0.3) is 0 Å². The summed E-state index contributed by atoms with van der Waals surface area (Å²) in [7, 11) is 0. The number of hydrogen-bond donors (Lipinski definition) is 1. The van der Waals surface area contributed by atoms with Gasteiger partial charge in [-0.15, -0.1) is 0 Å². The summed E-state index contributed by atoms with van der Waals surface area (Å²) in [5.41, 5.74) is 7.23. The highest BCUT2D eigenvalue weighted by Crippen LogP contribution is 2.30. The van der Waals surface area contributed by atoms with Gasteiger partial charge in [0.05, 0.1) is 0 Å². The first-order chi connectivity index (χ1) is 7.65. The van der Waals surface area contributed by atoms with Crippen LogP contribution in [0.15, 0.2) is 52.3 Å². The van der Waals surface area contributed by atoms with Crippen molar-refractivity contribution in [2.45, 2.75) is 16.7 Å². The highest BCUT2D eigenvalue weighted by Gasteiger charge is 2.04. The Hall–Kier alpha value is -1.48. The number of hydrogen-bond acceptors (Lipinski definition) is 2. The number of halogens is 1. The molecule has 2 rings (SSSR count). The second kappa shape index (κ2) is 4.58. The van der Waals surface area contributed by atoms with Crippen LogP contribution < -0.4 is 5.73 Å². The molecule has 2 aromatic rings. The van der Waals surface area contributed by atoms with E-state index in [0.717, 1.165) is 10.5 Å². The number of benzene rings is 2. The first-order valence-corrected chi connectivity index (χ1v) is 5.76. The van der Waals surface area contributed by atoms with Crippen molar-refractivity contribution >= 4 is 17.4 Å². The number of aryl methyl sites for hydroxylation is 1. The SMILES string of the molecule is Cc1ccc(Sc2ccc(N)cc2)c(F)c1. The van der Waals surface area contributed by atoms with Crippen LogP contribution in [0, 0.1) is 12.7 Å². The zero-order valence-corrected chi connectivity index (χ0v) is 9.72. The van der Waals surface area contributed by atoms with Crippen LogP contribution in [-0.4, -0.2) is 0 Å². The Bertz CT molecular complexity index is 494. The second-order valence-electron chi connectivity index (χ2n) is 3.60. The maximum absolute atomic E-state index is 13.6. The minimum absolute atomic E-state index is 0.179. The minimum atomic E-state index is -0.179. The topological polar surface area (TPSA) is 26.0 Å². The Balaban J connectivity index is 2.23. The number of nitrogens with two attached hydrogens (primary N) is 1. The molecule has 0 aromatic heterocycles. The molecule has 2 N–H and O–H groups in total. The summed E-state index contributed by atoms with van der Waals surface area (Å²) in [5, 5.41) is 0. The first-order valence-electron chi connectivity index (χ1n) is 4.95. The van der Waals surface area contributed by atoms with Gasteiger partial charge in [-0.05, 0) is 48.9 Å². The van der Waals surface area contributed by atoms with Crippen molar-refractivity contribution in [3.05, 3.63) is 53.8 Å². The molecular weight excluding hydrogens is 221 g/mol. The second-order valence-corrected chi connectivity index (χ2v) is 4.72. The standard InChI is InChI=1S/C13H12FNS/c1-9-2-7-13(12(14)8-9)16-11-5-3-10(15)4-6-11/h2-8H,15H2,1H3. The molecule has 0 fully saturated rings. The lowest BCUT2D eigenvalue weighted by Crippen LogP contribution is -1.84. The zero-order chi connectivity index (χ0) is 11.5. The summed E-state index contributed by atoms with van der Waals surface area (Å²) in [4.78, 5) is 1.62. The third-order valence-corrected chi connectivity index (χ3v) is 3.25. The molecule has 0 amide bonds. The molecule has 2 aromatic carbocycles. The highest BCUT2D eigenvalue weighted by molar-refractivity contribution is 7.99. The molecule has 0 bridgehead atoms. The normalized spacial score (nSPS) is 10.4. The van der Waals surface area contributed by atoms with Crippen LogP contribution in [0.25, 0.3) is 0 Å². The van der Waals surface area contributed by atoms with Gasteiger partial charge < -0.3 is 5.73 Å². The van der Waals surface area contributed by atoms with Gasteiger partial charge in [-0.2, -0.15) is 0 Å². The highest BCUT2D eigenvalue weighted by atomic mass is 32.2. The lowest BCUT2D eigenvalue weighted by Gasteiger charge is -2.04. The molecule has 0 aliphatic heterocycles. The smallest absolute Gasteiger partial charge is 0.137 e. The van der Waals surface area contributed by atoms with Crippen molar-refractivity contribution < 1.29 is 4.39 Å². The van der Waals surface area contributed by atoms with Crippen molar-refractivity contribution in [2.75, 3.05) is 5.73 Å². The largest absolute Gasteiger partial charge is 0.399 e. The predicted octanol–water partition coefficient (Wildman–Crippen LogP) is 3.87. The van der Waals surface area contributed by atoms with Gasteiger partial charge in [-0.25, -0.2) is 4.39 Å². The van der Waals surface area contributed by atoms with Crippen LogP contribution in [0.4, 0.5) is 10.1 Å². The van der Waals surface area contributed by atoms with E-state index in [2.05, 4.69) is 0 Å². The van der Waals surface area contributed by atoms with Gasteiger partial charge in [0.15, 0.2) is 0 Å². The minimum Gasteiger partial charge on any atom is -0.399 e. The fourth-order valence-electron chi connectivity index (χ4n) is 1.35. The lowest BCUT2D eigenvalue weighted by atomic mass is 10.2. The van der Waals surface area contributed by atoms with E-state index in [1.165, 1.54) is 11.8 Å². The number of nitrogen functional groups attached to an aromatic ring is 1. The lowest BCUT2D eigenvalue weighted by molar-refractivity contribution is 0.600. The molecule has 0 unspecified atom stereocenters. The summed E-state index contributed by atoms with van der Waals surface area (Å²) in [6.07, 6.45) is 0. The molecular formula is C13H12FNS. The van der Waals surface area contributed by atoms with Crippen molar-refractivity contribution in [1.29, 1.82) is 0 Å². The van der Waals surface area contributed by atoms with Crippen LogP contribution in [0.5, 0.6) is 0 Å². The van der Waals surface area contributed by atoms with Gasteiger partial charge in [-0.3, -0.25) is 0 Å². The average Bonchev–Trinajstić information content (AvgIpc) is 2.25. The Morgan fingerprint density at radius 2 is 1.75 bits per heavy atom. The third-order valence-electron chi connectivity index (χ3n) is 2.20. The van der Waals surface area contributed by atoms with Gasteiger partial charge in [0.2, 0.25) is 0 Å². The summed E-state index contributed by atoms with van der Waals surface area (Å²) in [6, 6.07) is 12.6. The third kappa shape index (κ3) is 2.55. The number of anilines is 1. The first kappa shape index (κ1) is 11.0. The van der Waals surface area contributed by atoms with Crippen molar-refractivity contribution in [3.8, 4) is 0 Å². The average molecular weight is 233 g/mol. The maximum Gasteiger partial charge on any atom is 0.137 e. The molecule has 0 atom stereocenters. The molecule has 0 aliphatic carbocycles. The molecule has 16 heavy (non-hydrogen) atoms. The van der Waals surface area contributed by atoms with Gasteiger partial charge >= 0.3 is 0 Å². The molecule has 0 saturated carbocycles. The molecule has 1 nitrogen and oxygen atoms in total. The molecule has 3 heteroatoms. The van der Waals surface area contributed by atoms with E-state index in [1.54, 1.807) is 12.1 Å². The predicted molar refractivity (Wildman–Crippen MR) is 66.1 cm³/mol. The van der Waals surface area contributed by atoms with Crippen LogP contribution in [0.3, 0.4) is 0 Å². The Morgan fingerprint density at radius 3 is 2.38 bits per heavy atom. The summed E-state index contributed by atoms with van der Waals surface area (Å²) >= 11 is 1.40. The fourth-order valence-corrected chi connectivity index (χ4v) is 2.17. The van der Waals surface area contributed by atoms with E-state index < -0.39 is 0 Å². The molecule has 0 spiro atoms. The maximum atomic E-state index is 13.6. The fraction of sp³-hybridized carbons (Fsp3) is 0.0769. The Morgan fingerprint density at radius 1 is 1.06 bits per heavy atom. The molecule has 0 heterocycles. The van der Waals surface area contributed by atoms with E-state index in [-0.39, 0.29) is 5.82 Å². The van der Waals surface area contributed by atoms with E-state index in [4.69, 9.17) is 5.73 Å². The van der Waals surface area contributed by atoms with Gasteiger partial charge in [-0.1, -0.05) is 17.8 Å². The van der Waals surface area contributed by atoms with Crippen molar-refractivity contribution in [3.63, 3.8) is 0 Å². The van der Waals surface area contributed by atoms with Crippen molar-refractivity contribution in [1.82, 2.24) is 0 Å². The molecule has 0 aliphatic rings. The Kier molecular flexibility index (Phi) is 3.15. The number of rotatable bonds is 2. The van der Waals surface area contributed by atoms with Crippen LogP contribution in [-0.2, 0) is 0 Å². The summed E-state index contributed by atoms with van der Waals surface area (Å²) in [6.45, 7) is 1.88. The van der Waals surface area contributed by atoms with E-state index in [9.17, 15) is 4.39 Å². The van der Waals surface area contributed by atoms with E-state index >= 15 is 0 Å². The molecule has 0 radical (unpaired) electrons. The molecule has 82 valence electrons. The van der Waals surface area contributed by atoms with E-state index in [1.807, 2.05) is 37.3 Å². The van der Waals surface area contributed by atoms with Gasteiger partial charge in [0, 0.05) is 15.5 Å². The van der Waals surface area contributed by atoms with Crippen LogP contribution in [0.2, 0.25) is 0 Å². The zero-order valence-electron chi connectivity index (χ0n) is 8.91. The van der Waals surface area contributed by atoms with Crippen molar-refractivity contribution in [2.24, 2.45) is 0 Å². The summed E-state index contributed by atoms with van der Waals surface area (Å²) in [5.74, 6) is -0.179. The monoisotopic (exact) mass is 233 g/mol. The summed E-state index contributed by atoms with van der Waals surface area (Å²) < 4.78 is 13.6. The molecule has 0 saturated heterocycles. The van der Waals surface area contributed by atoms with E-state index in [0.29, 0.717) is 10.6 Å².